The minimum atomic E-state index is -0.642. The van der Waals surface area contributed by atoms with Gasteiger partial charge in [0.15, 0.2) is 5.82 Å². The summed E-state index contributed by atoms with van der Waals surface area (Å²) in [6.07, 6.45) is 7.50. The summed E-state index contributed by atoms with van der Waals surface area (Å²) in [5.74, 6) is -0.237. The molecule has 0 bridgehead atoms. The molecule has 0 unspecified atom stereocenters. The molecule has 3 N–H and O–H groups in total. The van der Waals surface area contributed by atoms with Crippen molar-refractivity contribution in [2.75, 3.05) is 12.3 Å². The number of benzene rings is 1. The van der Waals surface area contributed by atoms with Crippen molar-refractivity contribution in [1.29, 1.82) is 0 Å². The van der Waals surface area contributed by atoms with E-state index in [1.54, 1.807) is 24.4 Å². The zero-order valence-electron chi connectivity index (χ0n) is 18.4. The number of halogens is 3. The molecule has 1 aromatic carbocycles. The highest BCUT2D eigenvalue weighted by Gasteiger charge is 2.38. The number of imidazole rings is 1. The van der Waals surface area contributed by atoms with E-state index in [1.165, 1.54) is 17.1 Å². The van der Waals surface area contributed by atoms with Gasteiger partial charge in [-0.3, -0.25) is 4.90 Å². The number of hydrogen-bond acceptors (Lipinski definition) is 7. The predicted octanol–water partition coefficient (Wildman–Crippen LogP) is 3.95. The average molecular weight is 496 g/mol. The van der Waals surface area contributed by atoms with Crippen LogP contribution in [-0.4, -0.2) is 52.6 Å². The molecule has 178 valence electrons. The van der Waals surface area contributed by atoms with Crippen molar-refractivity contribution >= 4 is 23.0 Å². The van der Waals surface area contributed by atoms with E-state index in [0.717, 1.165) is 24.2 Å². The van der Waals surface area contributed by atoms with Crippen LogP contribution in [0.25, 0.3) is 22.5 Å². The lowest BCUT2D eigenvalue weighted by molar-refractivity contribution is 0.205. The Morgan fingerprint density at radius 1 is 1.14 bits per heavy atom. The molecular formula is C23H20ClF2N9. The van der Waals surface area contributed by atoms with Crippen molar-refractivity contribution in [3.05, 3.63) is 71.0 Å². The molecule has 9 nitrogen and oxygen atoms in total. The minimum absolute atomic E-state index is 0.0412. The van der Waals surface area contributed by atoms with Crippen molar-refractivity contribution in [1.82, 2.24) is 40.1 Å². The molecular weight excluding hydrogens is 476 g/mol. The third kappa shape index (κ3) is 3.76. The normalized spacial score (nSPS) is 20.1. The average Bonchev–Trinajstić information content (AvgIpc) is 3.61. The lowest BCUT2D eigenvalue weighted by Crippen LogP contribution is -2.35. The Hall–Kier alpha value is -3.70. The first kappa shape index (κ1) is 21.8. The van der Waals surface area contributed by atoms with E-state index in [-0.39, 0.29) is 22.9 Å². The number of rotatable bonds is 4. The van der Waals surface area contributed by atoms with Gasteiger partial charge in [-0.15, -0.1) is 5.10 Å². The summed E-state index contributed by atoms with van der Waals surface area (Å²) in [4.78, 5) is 13.8. The molecule has 0 aliphatic carbocycles. The fourth-order valence-electron chi connectivity index (χ4n) is 5.08. The van der Waals surface area contributed by atoms with Crippen LogP contribution in [0.15, 0.2) is 42.9 Å². The van der Waals surface area contributed by atoms with Crippen LogP contribution in [0.3, 0.4) is 0 Å². The molecule has 12 heteroatoms. The van der Waals surface area contributed by atoms with Gasteiger partial charge >= 0.3 is 0 Å². The number of nitrogens with zero attached hydrogens (tertiary/aromatic N) is 7. The number of nitrogens with two attached hydrogens (primary N) is 1. The topological polar surface area (TPSA) is 114 Å². The van der Waals surface area contributed by atoms with Crippen LogP contribution >= 0.6 is 11.6 Å². The number of H-pyrrole nitrogens is 1. The van der Waals surface area contributed by atoms with Crippen LogP contribution in [0.4, 0.5) is 14.6 Å². The Labute approximate surface area is 203 Å². The molecule has 0 spiro atoms. The Bertz CT molecular complexity index is 1430. The molecule has 3 aromatic heterocycles. The first-order valence-electron chi connectivity index (χ1n) is 11.1. The molecule has 1 fully saturated rings. The van der Waals surface area contributed by atoms with Gasteiger partial charge in [-0.1, -0.05) is 17.7 Å². The third-order valence-corrected chi connectivity index (χ3v) is 7.00. The van der Waals surface area contributed by atoms with Crippen molar-refractivity contribution in [2.45, 2.75) is 31.3 Å². The zero-order chi connectivity index (χ0) is 24.1. The standard InChI is InChI=1S/C23H20ClF2N9/c24-15-3-5-17(35-11-29-32-33-35)20(21(15)25)12-7-8-34-13(9-12)1-4-18(34)23-28-10-16(30-23)14-2-6-19(27)31-22(14)26/h2-3,5-7,10-11,13,18H,1,4,8-9H2,(H2,27,31)(H,28,30)/t13-,18+/m1/s1. The first-order chi connectivity index (χ1) is 17.0. The number of aromatic nitrogens is 7. The van der Waals surface area contributed by atoms with Crippen LogP contribution in [0.2, 0.25) is 5.02 Å². The summed E-state index contributed by atoms with van der Waals surface area (Å²) < 4.78 is 30.9. The summed E-state index contributed by atoms with van der Waals surface area (Å²) in [5.41, 5.74) is 8.26. The summed E-state index contributed by atoms with van der Waals surface area (Å²) in [6, 6.07) is 6.61. The van der Waals surface area contributed by atoms with E-state index < -0.39 is 11.8 Å². The van der Waals surface area contributed by atoms with Gasteiger partial charge in [0.1, 0.15) is 18.0 Å². The molecule has 6 rings (SSSR count). The van der Waals surface area contributed by atoms with Crippen LogP contribution in [0.5, 0.6) is 0 Å². The third-order valence-electron chi connectivity index (χ3n) is 6.71. The maximum Gasteiger partial charge on any atom is 0.224 e. The number of tetrazole rings is 1. The van der Waals surface area contributed by atoms with Crippen LogP contribution in [0, 0.1) is 11.8 Å². The zero-order valence-corrected chi connectivity index (χ0v) is 19.1. The second-order valence-electron chi connectivity index (χ2n) is 8.64. The minimum Gasteiger partial charge on any atom is -0.384 e. The monoisotopic (exact) mass is 495 g/mol. The Morgan fingerprint density at radius 2 is 2.03 bits per heavy atom. The maximum absolute atomic E-state index is 15.2. The molecule has 0 saturated carbocycles. The van der Waals surface area contributed by atoms with Crippen LogP contribution < -0.4 is 5.73 Å². The van der Waals surface area contributed by atoms with Crippen molar-refractivity contribution in [3.63, 3.8) is 0 Å². The number of aromatic amines is 1. The number of anilines is 1. The van der Waals surface area contributed by atoms with Gasteiger partial charge in [0.05, 0.1) is 34.2 Å². The van der Waals surface area contributed by atoms with Crippen molar-refractivity contribution in [3.8, 4) is 16.9 Å². The molecule has 1 saturated heterocycles. The summed E-state index contributed by atoms with van der Waals surface area (Å²) in [6.45, 7) is 0.611. The highest BCUT2D eigenvalue weighted by molar-refractivity contribution is 6.31. The molecule has 2 aliphatic heterocycles. The molecule has 35 heavy (non-hydrogen) atoms. The van der Waals surface area contributed by atoms with Gasteiger partial charge in [-0.2, -0.15) is 9.07 Å². The summed E-state index contributed by atoms with van der Waals surface area (Å²) in [5, 5.41) is 11.3. The molecule has 0 amide bonds. The van der Waals surface area contributed by atoms with Gasteiger partial charge in [-0.05, 0) is 59.5 Å². The van der Waals surface area contributed by atoms with Gasteiger partial charge in [0.25, 0.3) is 0 Å². The fraction of sp³-hybridized carbons (Fsp3) is 0.261. The predicted molar refractivity (Wildman–Crippen MR) is 125 cm³/mol. The molecule has 4 aromatic rings. The van der Waals surface area contributed by atoms with Crippen molar-refractivity contribution < 1.29 is 8.78 Å². The number of fused-ring (bicyclic) bond motifs is 1. The van der Waals surface area contributed by atoms with E-state index in [2.05, 4.69) is 35.4 Å². The highest BCUT2D eigenvalue weighted by atomic mass is 35.5. The summed E-state index contributed by atoms with van der Waals surface area (Å²) >= 11 is 6.13. The fourth-order valence-corrected chi connectivity index (χ4v) is 5.24. The maximum atomic E-state index is 15.2. The molecule has 2 atom stereocenters. The van der Waals surface area contributed by atoms with Gasteiger partial charge in [0.2, 0.25) is 5.95 Å². The Kier molecular flexibility index (Phi) is 5.30. The van der Waals surface area contributed by atoms with E-state index in [4.69, 9.17) is 17.3 Å². The van der Waals surface area contributed by atoms with E-state index in [1.807, 2.05) is 6.08 Å². The van der Waals surface area contributed by atoms with E-state index in [9.17, 15) is 4.39 Å². The van der Waals surface area contributed by atoms with Crippen molar-refractivity contribution in [2.24, 2.45) is 0 Å². The van der Waals surface area contributed by atoms with Crippen LogP contribution in [0.1, 0.15) is 36.7 Å². The Balaban J connectivity index is 1.29. The lowest BCUT2D eigenvalue weighted by Gasteiger charge is -2.33. The number of nitrogen functional groups attached to an aromatic ring is 1. The number of hydrogen-bond donors (Lipinski definition) is 2. The largest absolute Gasteiger partial charge is 0.384 e. The quantitative estimate of drug-likeness (QED) is 0.412. The smallest absolute Gasteiger partial charge is 0.224 e. The number of nitrogens with one attached hydrogen (secondary N) is 1. The Morgan fingerprint density at radius 3 is 2.83 bits per heavy atom. The van der Waals surface area contributed by atoms with Gasteiger partial charge in [0, 0.05) is 18.2 Å². The van der Waals surface area contributed by atoms with Crippen LogP contribution in [-0.2, 0) is 0 Å². The van der Waals surface area contributed by atoms with Gasteiger partial charge in [-0.25, -0.2) is 14.4 Å². The first-order valence-corrected chi connectivity index (χ1v) is 11.5. The second kappa shape index (κ2) is 8.51. The molecule has 0 radical (unpaired) electrons. The summed E-state index contributed by atoms with van der Waals surface area (Å²) in [7, 11) is 0. The SMILES string of the molecule is Nc1ccc(-c2cnc([C@@H]3CC[C@@H]4CC(c5c(-n6cnnn6)ccc(Cl)c5F)=CCN43)[nH]2)c(F)n1. The van der Waals surface area contributed by atoms with E-state index in [0.29, 0.717) is 35.5 Å². The lowest BCUT2D eigenvalue weighted by atomic mass is 9.92. The van der Waals surface area contributed by atoms with Gasteiger partial charge < -0.3 is 10.7 Å². The highest BCUT2D eigenvalue weighted by Crippen LogP contribution is 2.43. The molecule has 5 heterocycles. The molecule has 2 aliphatic rings. The number of pyridine rings is 1. The second-order valence-corrected chi connectivity index (χ2v) is 9.05. The van der Waals surface area contributed by atoms with E-state index >= 15 is 4.39 Å².